The van der Waals surface area contributed by atoms with Crippen molar-refractivity contribution in [3.63, 3.8) is 0 Å². The summed E-state index contributed by atoms with van der Waals surface area (Å²) in [6.45, 7) is 2.35. The van der Waals surface area contributed by atoms with Gasteiger partial charge < -0.3 is 10.1 Å². The SMILES string of the molecule is COc1cccc(C23CNCC(C2)C3)c1.Cl. The molecule has 0 aromatic heterocycles. The van der Waals surface area contributed by atoms with Gasteiger partial charge in [-0.25, -0.2) is 0 Å². The average molecular weight is 240 g/mol. The molecular formula is C13H18ClNO. The third kappa shape index (κ3) is 1.70. The van der Waals surface area contributed by atoms with E-state index in [0.29, 0.717) is 5.41 Å². The van der Waals surface area contributed by atoms with E-state index < -0.39 is 0 Å². The summed E-state index contributed by atoms with van der Waals surface area (Å²) < 4.78 is 5.29. The fourth-order valence-electron chi connectivity index (χ4n) is 3.14. The lowest BCUT2D eigenvalue weighted by Crippen LogP contribution is -2.57. The molecule has 2 bridgehead atoms. The van der Waals surface area contributed by atoms with E-state index in [4.69, 9.17) is 4.74 Å². The van der Waals surface area contributed by atoms with Crippen molar-refractivity contribution in [2.75, 3.05) is 20.2 Å². The summed E-state index contributed by atoms with van der Waals surface area (Å²) in [5.41, 5.74) is 1.86. The Hall–Kier alpha value is -0.730. The molecule has 1 aromatic rings. The number of fused-ring (bicyclic) bond motifs is 2. The predicted octanol–water partition coefficient (Wildman–Crippen LogP) is 2.37. The van der Waals surface area contributed by atoms with Gasteiger partial charge in [-0.2, -0.15) is 0 Å². The van der Waals surface area contributed by atoms with Gasteiger partial charge in [0.15, 0.2) is 0 Å². The number of benzene rings is 1. The Balaban J connectivity index is 0.000000963. The predicted molar refractivity (Wildman–Crippen MR) is 67.5 cm³/mol. The molecule has 1 N–H and O–H groups in total. The van der Waals surface area contributed by atoms with Crippen LogP contribution in [0.4, 0.5) is 0 Å². The molecular weight excluding hydrogens is 222 g/mol. The molecule has 88 valence electrons. The van der Waals surface area contributed by atoms with Crippen LogP contribution in [0.1, 0.15) is 18.4 Å². The molecule has 0 amide bonds. The van der Waals surface area contributed by atoms with E-state index in [1.807, 2.05) is 6.07 Å². The molecule has 2 saturated heterocycles. The maximum absolute atomic E-state index is 5.29. The molecule has 0 spiro atoms. The summed E-state index contributed by atoms with van der Waals surface area (Å²) in [7, 11) is 1.74. The van der Waals surface area contributed by atoms with Crippen LogP contribution in [-0.2, 0) is 5.41 Å². The molecule has 3 heteroatoms. The van der Waals surface area contributed by atoms with Gasteiger partial charge in [0.2, 0.25) is 0 Å². The topological polar surface area (TPSA) is 21.3 Å². The van der Waals surface area contributed by atoms with E-state index in [1.54, 1.807) is 7.11 Å². The van der Waals surface area contributed by atoms with Gasteiger partial charge in [-0.15, -0.1) is 12.4 Å². The van der Waals surface area contributed by atoms with Crippen molar-refractivity contribution in [2.24, 2.45) is 5.92 Å². The minimum absolute atomic E-state index is 0. The van der Waals surface area contributed by atoms with Crippen LogP contribution in [0.25, 0.3) is 0 Å². The van der Waals surface area contributed by atoms with Crippen LogP contribution < -0.4 is 10.1 Å². The lowest BCUT2D eigenvalue weighted by Gasteiger charge is -2.53. The van der Waals surface area contributed by atoms with E-state index >= 15 is 0 Å². The van der Waals surface area contributed by atoms with Gasteiger partial charge in [0.25, 0.3) is 0 Å². The highest BCUT2D eigenvalue weighted by Crippen LogP contribution is 2.49. The Morgan fingerprint density at radius 2 is 2.19 bits per heavy atom. The first-order chi connectivity index (χ1) is 7.32. The molecule has 0 unspecified atom stereocenters. The van der Waals surface area contributed by atoms with Gasteiger partial charge in [0.05, 0.1) is 7.11 Å². The number of rotatable bonds is 2. The second kappa shape index (κ2) is 4.27. The summed E-state index contributed by atoms with van der Waals surface area (Å²) in [5, 5.41) is 3.52. The summed E-state index contributed by atoms with van der Waals surface area (Å²) in [4.78, 5) is 0. The average Bonchev–Trinajstić information content (AvgIpc) is 2.29. The number of nitrogens with one attached hydrogen (secondary N) is 1. The van der Waals surface area contributed by atoms with Crippen molar-refractivity contribution < 1.29 is 4.74 Å². The molecule has 1 aliphatic carbocycles. The van der Waals surface area contributed by atoms with Crippen molar-refractivity contribution in [3.05, 3.63) is 29.8 Å². The Kier molecular flexibility index (Phi) is 3.13. The molecule has 0 atom stereocenters. The zero-order chi connectivity index (χ0) is 10.3. The first kappa shape index (κ1) is 11.7. The number of methoxy groups -OCH3 is 1. The molecule has 2 aliphatic heterocycles. The molecule has 3 aliphatic rings. The zero-order valence-electron chi connectivity index (χ0n) is 9.53. The van der Waals surface area contributed by atoms with Gasteiger partial charge in [0.1, 0.15) is 5.75 Å². The number of halogens is 1. The Morgan fingerprint density at radius 3 is 2.81 bits per heavy atom. The monoisotopic (exact) mass is 239 g/mol. The van der Waals surface area contributed by atoms with Gasteiger partial charge in [-0.1, -0.05) is 12.1 Å². The van der Waals surface area contributed by atoms with Gasteiger partial charge in [-0.05, 0) is 43.0 Å². The largest absolute Gasteiger partial charge is 0.497 e. The molecule has 1 saturated carbocycles. The lowest BCUT2D eigenvalue weighted by atomic mass is 9.56. The van der Waals surface area contributed by atoms with Crippen LogP contribution in [0, 0.1) is 5.92 Å². The van der Waals surface area contributed by atoms with Gasteiger partial charge in [0, 0.05) is 12.0 Å². The number of piperidine rings is 2. The summed E-state index contributed by atoms with van der Waals surface area (Å²) in [5.74, 6) is 1.89. The molecule has 16 heavy (non-hydrogen) atoms. The maximum Gasteiger partial charge on any atom is 0.119 e. The van der Waals surface area contributed by atoms with Crippen molar-refractivity contribution in [1.82, 2.24) is 5.32 Å². The van der Waals surface area contributed by atoms with Crippen molar-refractivity contribution in [3.8, 4) is 5.75 Å². The lowest BCUT2D eigenvalue weighted by molar-refractivity contribution is 0.0899. The fourth-order valence-corrected chi connectivity index (χ4v) is 3.14. The van der Waals surface area contributed by atoms with E-state index in [2.05, 4.69) is 23.5 Å². The molecule has 4 rings (SSSR count). The van der Waals surface area contributed by atoms with Crippen molar-refractivity contribution in [2.45, 2.75) is 18.3 Å². The van der Waals surface area contributed by atoms with Crippen LogP contribution in [0.15, 0.2) is 24.3 Å². The second-order valence-corrected chi connectivity index (χ2v) is 4.92. The summed E-state index contributed by atoms with van der Waals surface area (Å²) >= 11 is 0. The molecule has 2 nitrogen and oxygen atoms in total. The highest BCUT2D eigenvalue weighted by molar-refractivity contribution is 5.85. The Bertz CT molecular complexity index is 368. The first-order valence-electron chi connectivity index (χ1n) is 5.68. The van der Waals surface area contributed by atoms with Gasteiger partial charge in [-0.3, -0.25) is 0 Å². The van der Waals surface area contributed by atoms with Crippen LogP contribution in [0.3, 0.4) is 0 Å². The summed E-state index contributed by atoms with van der Waals surface area (Å²) in [6.07, 6.45) is 2.71. The van der Waals surface area contributed by atoms with Crippen LogP contribution >= 0.6 is 12.4 Å². The van der Waals surface area contributed by atoms with E-state index in [0.717, 1.165) is 18.2 Å². The minimum atomic E-state index is 0. The molecule has 2 heterocycles. The van der Waals surface area contributed by atoms with Crippen LogP contribution in [-0.4, -0.2) is 20.2 Å². The van der Waals surface area contributed by atoms with Crippen molar-refractivity contribution >= 4 is 12.4 Å². The quantitative estimate of drug-likeness (QED) is 0.856. The second-order valence-electron chi connectivity index (χ2n) is 4.92. The molecule has 1 aromatic carbocycles. The standard InChI is InChI=1S/C13H17NO.ClH/c1-15-12-4-2-3-11(5-12)13-6-10(7-13)8-14-9-13;/h2-5,10,14H,6-9H2,1H3;1H. The molecule has 0 radical (unpaired) electrons. The third-order valence-electron chi connectivity index (χ3n) is 3.94. The van der Waals surface area contributed by atoms with Gasteiger partial charge >= 0.3 is 0 Å². The maximum atomic E-state index is 5.29. The third-order valence-corrected chi connectivity index (χ3v) is 3.94. The number of hydrogen-bond acceptors (Lipinski definition) is 2. The van der Waals surface area contributed by atoms with Crippen LogP contribution in [0.5, 0.6) is 5.75 Å². The van der Waals surface area contributed by atoms with E-state index in [-0.39, 0.29) is 12.4 Å². The van der Waals surface area contributed by atoms with Crippen molar-refractivity contribution in [1.29, 1.82) is 0 Å². The van der Waals surface area contributed by atoms with E-state index in [9.17, 15) is 0 Å². The Morgan fingerprint density at radius 1 is 1.38 bits per heavy atom. The smallest absolute Gasteiger partial charge is 0.119 e. The number of ether oxygens (including phenoxy) is 1. The fraction of sp³-hybridized carbons (Fsp3) is 0.538. The van der Waals surface area contributed by atoms with Crippen LogP contribution in [0.2, 0.25) is 0 Å². The summed E-state index contributed by atoms with van der Waals surface area (Å²) in [6, 6.07) is 8.56. The zero-order valence-corrected chi connectivity index (χ0v) is 10.3. The first-order valence-corrected chi connectivity index (χ1v) is 5.68. The minimum Gasteiger partial charge on any atom is -0.497 e. The normalized spacial score (nSPS) is 31.2. The Labute approximate surface area is 103 Å². The highest BCUT2D eigenvalue weighted by Gasteiger charge is 2.48. The highest BCUT2D eigenvalue weighted by atomic mass is 35.5. The molecule has 3 fully saturated rings. The number of hydrogen-bond donors (Lipinski definition) is 1. The van der Waals surface area contributed by atoms with E-state index in [1.165, 1.54) is 24.9 Å².